The number of rotatable bonds is 17. The van der Waals surface area contributed by atoms with Gasteiger partial charge in [-0.05, 0) is 101 Å². The number of aromatic nitrogens is 2. The van der Waals surface area contributed by atoms with E-state index in [0.29, 0.717) is 11.5 Å². The van der Waals surface area contributed by atoms with Crippen LogP contribution >= 0.6 is 69.7 Å². The molecule has 0 amide bonds. The minimum absolute atomic E-state index is 0. The predicted molar refractivity (Wildman–Crippen MR) is 351 cm³/mol. The Kier molecular flexibility index (Phi) is 34.8. The van der Waals surface area contributed by atoms with Crippen LogP contribution in [0.15, 0.2) is 256 Å². The van der Waals surface area contributed by atoms with Crippen molar-refractivity contribution in [3.63, 3.8) is 0 Å². The van der Waals surface area contributed by atoms with E-state index < -0.39 is 34.2 Å². The van der Waals surface area contributed by atoms with Gasteiger partial charge in [-0.15, -0.1) is 0 Å². The first-order valence-corrected chi connectivity index (χ1v) is 41.4. The van der Waals surface area contributed by atoms with E-state index in [1.165, 1.54) is 93.6 Å². The van der Waals surface area contributed by atoms with Gasteiger partial charge in [0.05, 0.1) is 6.26 Å². The molecule has 6 aromatic carbocycles. The van der Waals surface area contributed by atoms with Crippen molar-refractivity contribution in [3.8, 4) is 11.5 Å². The average molecular weight is 1400 g/mol. The fourth-order valence-electron chi connectivity index (χ4n) is 8.40. The quantitative estimate of drug-likeness (QED) is 0.0299. The molecule has 15 heteroatoms. The van der Waals surface area contributed by atoms with Crippen molar-refractivity contribution < 1.29 is 24.8 Å². The van der Waals surface area contributed by atoms with Crippen LogP contribution in [-0.4, -0.2) is 38.8 Å². The third kappa shape index (κ3) is 24.3. The van der Waals surface area contributed by atoms with Gasteiger partial charge >= 0.3 is 164 Å². The smallest absolute Gasteiger partial charge is 0.0134 e. The molecular weight excluding hydrogens is 1330 g/mol. The average Bonchev–Trinajstić information content (AvgIpc) is 4.27. The van der Waals surface area contributed by atoms with E-state index in [1.54, 1.807) is 24.6 Å². The number of unbranched alkanes of at least 4 members (excludes halogenated alkanes) is 3. The predicted octanol–water partition coefficient (Wildman–Crippen LogP) is 18.2. The summed E-state index contributed by atoms with van der Waals surface area (Å²) in [6, 6.07) is 74.4. The normalized spacial score (nSPS) is 11.2. The van der Waals surface area contributed by atoms with Crippen LogP contribution in [0.4, 0.5) is 0 Å². The Morgan fingerprint density at radius 1 is 0.487 bits per heavy atom. The Balaban J connectivity index is 0.000000217. The van der Waals surface area contributed by atoms with Gasteiger partial charge in [0, 0.05) is 6.20 Å². The second-order valence-electron chi connectivity index (χ2n) is 17.6. The molecule has 9 aromatic rings. The molecule has 3 aromatic heterocycles. The van der Waals surface area contributed by atoms with E-state index in [4.69, 9.17) is 62.7 Å². The Hall–Kier alpha value is -4.28. The summed E-state index contributed by atoms with van der Waals surface area (Å²) in [6.45, 7) is 6.95. The molecule has 0 bridgehead atoms. The zero-order valence-corrected chi connectivity index (χ0v) is 54.6. The fourth-order valence-corrected chi connectivity index (χ4v) is 28.7. The van der Waals surface area contributed by atoms with E-state index >= 15 is 0 Å². The Morgan fingerprint density at radius 2 is 0.850 bits per heavy atom. The van der Waals surface area contributed by atoms with Crippen molar-refractivity contribution >= 4 is 134 Å². The molecule has 4 heterocycles. The van der Waals surface area contributed by atoms with Gasteiger partial charge in [-0.2, -0.15) is 9.98 Å². The summed E-state index contributed by atoms with van der Waals surface area (Å²) in [5.41, 5.74) is 0.694. The second-order valence-corrected chi connectivity index (χ2v) is 38.4. The van der Waals surface area contributed by atoms with Crippen LogP contribution in [0.1, 0.15) is 66.7 Å². The van der Waals surface area contributed by atoms with Crippen LogP contribution in [0.2, 0.25) is 18.6 Å². The topological polar surface area (TPSA) is 76.8 Å². The molecule has 0 unspecified atom stereocenters. The molecular formula is C65H70Cl5N4O2P2PdSn+. The minimum Gasteiger partial charge on any atom is -0.0622 e. The molecule has 0 saturated carbocycles. The molecule has 420 valence electrons. The van der Waals surface area contributed by atoms with Gasteiger partial charge in [-0.3, -0.25) is 0 Å². The van der Waals surface area contributed by atoms with E-state index in [1.807, 2.05) is 12.3 Å². The number of hydrogen-bond donors (Lipinski definition) is 0. The van der Waals surface area contributed by atoms with Crippen molar-refractivity contribution in [2.75, 3.05) is 0 Å². The standard InChI is InChI=1S/2C18H15P.C8H5ClN2O.C4HCl2N2.C4H3O.3C4H9.CH4.2ClH.Pd.Sn/c2*1-4-10-16(11-5-1)19(17-12-6-2-7-13-17)18-14-8-3-9-15-18;9-8-10-4-3-6(11-8)7-2-1-5-12-7;5-3-1-2-7-4(6)8-3;1-2-4-5-3-1;3*1-3-4-2;;;;;/h2*1-15H;1-5H;2H;1-3H;3*1,3-4H2,2H3;1H4;2*1H;;/q;;;+1;;;;;;;;+2;/p-2. The number of nitrogens with zero attached hydrogens (tertiary/aromatic N) is 4. The van der Waals surface area contributed by atoms with Crippen LogP contribution in [0.5, 0.6) is 0 Å². The summed E-state index contributed by atoms with van der Waals surface area (Å²) in [5.74, 6) is 0.694. The summed E-state index contributed by atoms with van der Waals surface area (Å²) in [6.07, 6.45) is 17.2. The van der Waals surface area contributed by atoms with Gasteiger partial charge < -0.3 is 4.42 Å². The Morgan fingerprint density at radius 3 is 1.12 bits per heavy atom. The summed E-state index contributed by atoms with van der Waals surface area (Å²) < 4.78 is 16.9. The third-order valence-corrected chi connectivity index (χ3v) is 32.6. The van der Waals surface area contributed by atoms with Crippen LogP contribution < -0.4 is 35.6 Å². The monoisotopic (exact) mass is 1400 g/mol. The zero-order valence-electron chi connectivity index (χ0n) is 44.6. The SMILES string of the molecule is C.CCC[CH2][Sn]([CH2]CCC)([CH2]CCC)[c]1ccco1.ClC1=NC(Cl)=NC=[C+]1.Clc1nccc(-c2ccco2)n1.[Cl][Pd][Cl].c1ccc(P(c2ccccc2)c2ccccc2)cc1.c1ccc(P(c2ccccc2)c2ccccc2)cc1. The molecule has 0 atom stereocenters. The molecule has 1 aliphatic rings. The number of halogens is 5. The van der Waals surface area contributed by atoms with Crippen LogP contribution in [0, 0.1) is 6.08 Å². The van der Waals surface area contributed by atoms with E-state index in [9.17, 15) is 0 Å². The van der Waals surface area contributed by atoms with Gasteiger partial charge in [-0.1, -0.05) is 189 Å². The van der Waals surface area contributed by atoms with Crippen LogP contribution in [0.25, 0.3) is 11.5 Å². The molecule has 0 spiro atoms. The van der Waals surface area contributed by atoms with Gasteiger partial charge in [0.1, 0.15) is 5.69 Å². The first kappa shape index (κ1) is 68.2. The fraction of sp³-hybridized carbons (Fsp3) is 0.200. The molecule has 0 fully saturated rings. The van der Waals surface area contributed by atoms with Gasteiger partial charge in [0.25, 0.3) is 6.20 Å². The summed E-state index contributed by atoms with van der Waals surface area (Å²) >= 11 is 14.0. The summed E-state index contributed by atoms with van der Waals surface area (Å²) in [4.78, 5) is 14.8. The van der Waals surface area contributed by atoms with E-state index in [0.717, 1.165) is 0 Å². The maximum atomic E-state index is 5.88. The molecule has 0 radical (unpaired) electrons. The number of aliphatic imine (C=N–C) groups is 2. The summed E-state index contributed by atoms with van der Waals surface area (Å²) in [7, 11) is 8.74. The number of benzene rings is 6. The van der Waals surface area contributed by atoms with Crippen molar-refractivity contribution in [1.29, 1.82) is 0 Å². The minimum atomic E-state index is -2.20. The molecule has 0 N–H and O–H groups in total. The van der Waals surface area contributed by atoms with Gasteiger partial charge in [0.2, 0.25) is 10.6 Å². The zero-order chi connectivity index (χ0) is 56.2. The van der Waals surface area contributed by atoms with Crippen molar-refractivity contribution in [3.05, 3.63) is 249 Å². The maximum Gasteiger partial charge on any atom is -0.0134 e. The molecule has 6 nitrogen and oxygen atoms in total. The third-order valence-electron chi connectivity index (χ3n) is 12.1. The molecule has 0 saturated heterocycles. The van der Waals surface area contributed by atoms with E-state index in [2.05, 4.69) is 241 Å². The van der Waals surface area contributed by atoms with E-state index in [-0.39, 0.29) is 39.1 Å². The van der Waals surface area contributed by atoms with Gasteiger partial charge in [-0.25, -0.2) is 9.97 Å². The second kappa shape index (κ2) is 40.8. The maximum absolute atomic E-state index is 5.88. The Labute approximate surface area is 514 Å². The number of allylic oxidation sites excluding steroid dienone is 1. The number of amidine groups is 1. The molecule has 1 aliphatic heterocycles. The largest absolute Gasteiger partial charge is 0.0622 e. The van der Waals surface area contributed by atoms with Crippen molar-refractivity contribution in [2.45, 2.75) is 80.0 Å². The first-order chi connectivity index (χ1) is 38.7. The number of furan rings is 2. The van der Waals surface area contributed by atoms with Crippen LogP contribution in [0.3, 0.4) is 0 Å². The van der Waals surface area contributed by atoms with Crippen molar-refractivity contribution in [2.24, 2.45) is 9.98 Å². The molecule has 10 rings (SSSR count). The van der Waals surface area contributed by atoms with Gasteiger partial charge in [0.15, 0.2) is 5.76 Å². The molecule has 0 aliphatic carbocycles. The Bertz CT molecular complexity index is 2730. The molecule has 80 heavy (non-hydrogen) atoms. The van der Waals surface area contributed by atoms with Crippen molar-refractivity contribution in [1.82, 2.24) is 9.97 Å². The summed E-state index contributed by atoms with van der Waals surface area (Å²) in [5, 5.41) is 9.00. The first-order valence-electron chi connectivity index (χ1n) is 26.1. The van der Waals surface area contributed by atoms with Crippen LogP contribution in [-0.2, 0) is 15.9 Å². The number of hydrogen-bond acceptors (Lipinski definition) is 6.